The summed E-state index contributed by atoms with van der Waals surface area (Å²) in [6.07, 6.45) is 2.82. The minimum atomic E-state index is -0.330. The van der Waals surface area contributed by atoms with Crippen LogP contribution in [-0.4, -0.2) is 26.7 Å². The van der Waals surface area contributed by atoms with Crippen LogP contribution >= 0.6 is 0 Å². The molecule has 0 radical (unpaired) electrons. The molecule has 1 N–H and O–H groups in total. The van der Waals surface area contributed by atoms with Gasteiger partial charge in [-0.05, 0) is 18.9 Å². The molecule has 0 saturated carbocycles. The van der Waals surface area contributed by atoms with E-state index in [0.29, 0.717) is 30.8 Å². The van der Waals surface area contributed by atoms with Crippen molar-refractivity contribution in [2.45, 2.75) is 33.2 Å². The lowest BCUT2D eigenvalue weighted by molar-refractivity contribution is -0.386. The Hall–Kier alpha value is -2.44. The van der Waals surface area contributed by atoms with Crippen LogP contribution in [0.15, 0.2) is 18.3 Å². The Bertz CT molecular complexity index is 651. The zero-order chi connectivity index (χ0) is 15.4. The third-order valence-electron chi connectivity index (χ3n) is 3.40. The van der Waals surface area contributed by atoms with Gasteiger partial charge in [-0.15, -0.1) is 0 Å². The average Bonchev–Trinajstić information content (AvgIpc) is 2.85. The number of hydrogen-bond donors (Lipinski definition) is 1. The van der Waals surface area contributed by atoms with Gasteiger partial charge in [0.15, 0.2) is 0 Å². The Balaban J connectivity index is 2.47. The minimum absolute atomic E-state index is 0.148. The summed E-state index contributed by atoms with van der Waals surface area (Å²) < 4.78 is 1.72. The first-order valence-corrected chi connectivity index (χ1v) is 6.96. The van der Waals surface area contributed by atoms with Crippen molar-refractivity contribution in [2.24, 2.45) is 0 Å². The first-order valence-electron chi connectivity index (χ1n) is 6.96. The van der Waals surface area contributed by atoms with Gasteiger partial charge >= 0.3 is 5.69 Å². The van der Waals surface area contributed by atoms with Crippen molar-refractivity contribution in [1.82, 2.24) is 14.8 Å². The van der Waals surface area contributed by atoms with E-state index in [1.807, 2.05) is 26.0 Å². The van der Waals surface area contributed by atoms with Gasteiger partial charge in [0.25, 0.3) is 0 Å². The Kier molecular flexibility index (Phi) is 4.52. The highest BCUT2D eigenvalue weighted by atomic mass is 16.6. The van der Waals surface area contributed by atoms with Gasteiger partial charge in [0.1, 0.15) is 17.2 Å². The lowest BCUT2D eigenvalue weighted by Gasteiger charge is -2.09. The van der Waals surface area contributed by atoms with Gasteiger partial charge < -0.3 is 5.32 Å². The summed E-state index contributed by atoms with van der Waals surface area (Å²) in [6.45, 7) is 4.25. The third kappa shape index (κ3) is 2.86. The first kappa shape index (κ1) is 15.0. The van der Waals surface area contributed by atoms with Crippen LogP contribution in [0, 0.1) is 10.1 Å². The van der Waals surface area contributed by atoms with Crippen LogP contribution < -0.4 is 5.32 Å². The molecule has 0 aliphatic heterocycles. The van der Waals surface area contributed by atoms with Crippen molar-refractivity contribution < 1.29 is 4.92 Å². The fourth-order valence-electron chi connectivity index (χ4n) is 2.42. The van der Waals surface area contributed by atoms with Crippen LogP contribution in [0.4, 0.5) is 11.5 Å². The number of anilines is 1. The van der Waals surface area contributed by atoms with Crippen molar-refractivity contribution >= 4 is 11.5 Å². The second-order valence-electron chi connectivity index (χ2n) is 4.62. The van der Waals surface area contributed by atoms with Crippen LogP contribution in [0.5, 0.6) is 0 Å². The fourth-order valence-corrected chi connectivity index (χ4v) is 2.42. The zero-order valence-corrected chi connectivity index (χ0v) is 12.5. The lowest BCUT2D eigenvalue weighted by Crippen LogP contribution is -2.09. The quantitative estimate of drug-likeness (QED) is 0.652. The molecule has 0 bridgehead atoms. The number of hydrogen-bond acceptors (Lipinski definition) is 5. The number of aromatic nitrogens is 3. The van der Waals surface area contributed by atoms with Crippen LogP contribution in [0.25, 0.3) is 0 Å². The molecule has 0 saturated heterocycles. The monoisotopic (exact) mass is 289 g/mol. The topological polar surface area (TPSA) is 85.9 Å². The molecule has 0 aliphatic rings. The minimum Gasteiger partial charge on any atom is -0.373 e. The summed E-state index contributed by atoms with van der Waals surface area (Å²) >= 11 is 0. The van der Waals surface area contributed by atoms with Crippen molar-refractivity contribution in [3.63, 3.8) is 0 Å². The maximum atomic E-state index is 11.3. The summed E-state index contributed by atoms with van der Waals surface area (Å²) in [5.41, 5.74) is 2.29. The summed E-state index contributed by atoms with van der Waals surface area (Å²) in [6, 6.07) is 3.79. The highest BCUT2D eigenvalue weighted by Gasteiger charge is 2.25. The molecule has 7 nitrogen and oxygen atoms in total. The number of pyridine rings is 1. The van der Waals surface area contributed by atoms with Gasteiger partial charge in [-0.3, -0.25) is 14.8 Å². The summed E-state index contributed by atoms with van der Waals surface area (Å²) in [7, 11) is 1.80. The predicted octanol–water partition coefficient (Wildman–Crippen LogP) is 2.40. The average molecular weight is 289 g/mol. The molecule has 0 fully saturated rings. The highest BCUT2D eigenvalue weighted by Crippen LogP contribution is 2.26. The van der Waals surface area contributed by atoms with E-state index < -0.39 is 0 Å². The molecule has 2 aromatic rings. The standard InChI is InChI=1S/C14H19N5O2/c1-4-11-13(19(20)21)12(5-2)18(17-11)9-10-7-6-8-16-14(10)15-3/h6-8H,4-5,9H2,1-3H3,(H,15,16). The van der Waals surface area contributed by atoms with Gasteiger partial charge in [0, 0.05) is 18.8 Å². The van der Waals surface area contributed by atoms with Gasteiger partial charge in [-0.1, -0.05) is 19.9 Å². The maximum absolute atomic E-state index is 11.3. The van der Waals surface area contributed by atoms with Gasteiger partial charge in [-0.2, -0.15) is 5.10 Å². The fraction of sp³-hybridized carbons (Fsp3) is 0.429. The van der Waals surface area contributed by atoms with Crippen molar-refractivity contribution in [3.8, 4) is 0 Å². The number of rotatable bonds is 6. The van der Waals surface area contributed by atoms with Crippen LogP contribution in [0.1, 0.15) is 30.8 Å². The van der Waals surface area contributed by atoms with E-state index >= 15 is 0 Å². The van der Waals surface area contributed by atoms with Crippen LogP contribution in [-0.2, 0) is 19.4 Å². The van der Waals surface area contributed by atoms with E-state index in [9.17, 15) is 10.1 Å². The maximum Gasteiger partial charge on any atom is 0.313 e. The molecule has 0 unspecified atom stereocenters. The van der Waals surface area contributed by atoms with Gasteiger partial charge in [-0.25, -0.2) is 4.98 Å². The summed E-state index contributed by atoms with van der Waals surface area (Å²) in [5, 5.41) is 18.7. The van der Waals surface area contributed by atoms with Gasteiger partial charge in [0.2, 0.25) is 0 Å². The zero-order valence-electron chi connectivity index (χ0n) is 12.5. The number of aryl methyl sites for hydroxylation is 1. The molecule has 2 rings (SSSR count). The second-order valence-corrected chi connectivity index (χ2v) is 4.62. The van der Waals surface area contributed by atoms with E-state index in [1.165, 1.54) is 0 Å². The molecule has 2 aromatic heterocycles. The first-order chi connectivity index (χ1) is 10.1. The van der Waals surface area contributed by atoms with Crippen LogP contribution in [0.3, 0.4) is 0 Å². The lowest BCUT2D eigenvalue weighted by atomic mass is 10.2. The molecule has 21 heavy (non-hydrogen) atoms. The second kappa shape index (κ2) is 6.34. The van der Waals surface area contributed by atoms with Crippen molar-refractivity contribution in [1.29, 1.82) is 0 Å². The van der Waals surface area contributed by atoms with Crippen molar-refractivity contribution in [2.75, 3.05) is 12.4 Å². The Labute approximate surface area is 123 Å². The molecule has 0 amide bonds. The third-order valence-corrected chi connectivity index (χ3v) is 3.40. The largest absolute Gasteiger partial charge is 0.373 e. The molecule has 0 atom stereocenters. The van der Waals surface area contributed by atoms with E-state index in [-0.39, 0.29) is 10.6 Å². The van der Waals surface area contributed by atoms with E-state index in [0.717, 1.165) is 11.4 Å². The van der Waals surface area contributed by atoms with E-state index in [2.05, 4.69) is 15.4 Å². The molecule has 0 spiro atoms. The van der Waals surface area contributed by atoms with Crippen molar-refractivity contribution in [3.05, 3.63) is 45.4 Å². The van der Waals surface area contributed by atoms with Gasteiger partial charge in [0.05, 0.1) is 11.5 Å². The van der Waals surface area contributed by atoms with Crippen LogP contribution in [0.2, 0.25) is 0 Å². The Morgan fingerprint density at radius 2 is 2.14 bits per heavy atom. The molecule has 0 aromatic carbocycles. The molecular weight excluding hydrogens is 270 g/mol. The Morgan fingerprint density at radius 3 is 2.71 bits per heavy atom. The molecule has 0 aliphatic carbocycles. The summed E-state index contributed by atoms with van der Waals surface area (Å²) in [4.78, 5) is 15.2. The predicted molar refractivity (Wildman–Crippen MR) is 80.5 cm³/mol. The molecule has 112 valence electrons. The Morgan fingerprint density at radius 1 is 1.38 bits per heavy atom. The summed E-state index contributed by atoms with van der Waals surface area (Å²) in [5.74, 6) is 0.760. The number of nitrogens with one attached hydrogen (secondary N) is 1. The van der Waals surface area contributed by atoms with E-state index in [1.54, 1.807) is 17.9 Å². The molecule has 2 heterocycles. The molecule has 7 heteroatoms. The highest BCUT2D eigenvalue weighted by molar-refractivity contribution is 5.45. The number of nitrogens with zero attached hydrogens (tertiary/aromatic N) is 4. The smallest absolute Gasteiger partial charge is 0.313 e. The van der Waals surface area contributed by atoms with E-state index in [4.69, 9.17) is 0 Å². The normalized spacial score (nSPS) is 10.6. The molecular formula is C14H19N5O2. The number of nitro groups is 1. The SMILES string of the molecule is CCc1nn(Cc2cccnc2NC)c(CC)c1[N+](=O)[O-].